The Morgan fingerprint density at radius 1 is 1.15 bits per heavy atom. The molecule has 0 radical (unpaired) electrons. The molecule has 2 heterocycles. The van der Waals surface area contributed by atoms with Crippen LogP contribution in [0.1, 0.15) is 36.0 Å². The highest BCUT2D eigenvalue weighted by atomic mass is 16.5. The van der Waals surface area contributed by atoms with Crippen molar-refractivity contribution in [3.8, 4) is 11.3 Å². The van der Waals surface area contributed by atoms with Crippen molar-refractivity contribution in [1.82, 2.24) is 9.88 Å². The molecule has 140 valence electrons. The molecule has 27 heavy (non-hydrogen) atoms. The first-order valence-corrected chi connectivity index (χ1v) is 9.87. The molecule has 2 aliphatic carbocycles. The minimum atomic E-state index is -0.324. The summed E-state index contributed by atoms with van der Waals surface area (Å²) in [6.45, 7) is 1.74. The number of carbonyl (C=O) groups excluding carboxylic acids is 1. The van der Waals surface area contributed by atoms with Gasteiger partial charge in [-0.05, 0) is 55.2 Å². The summed E-state index contributed by atoms with van der Waals surface area (Å²) in [6.07, 6.45) is 4.79. The Labute approximate surface area is 158 Å². The number of H-pyrrole nitrogens is 1. The van der Waals surface area contributed by atoms with Gasteiger partial charge in [0.25, 0.3) is 11.5 Å². The number of nitrogens with one attached hydrogen (secondary N) is 1. The standard InChI is InChI=1S/C22H24N2O3/c25-20-18(8-9-19(23-20)16-4-2-1-3-5-16)21(26)24-10-11-27-22(14-24)13-15-6-7-17(22)12-15/h1-5,8-9,15,17H,6-7,10-14H2,(H,23,25). The van der Waals surface area contributed by atoms with E-state index in [2.05, 4.69) is 4.98 Å². The summed E-state index contributed by atoms with van der Waals surface area (Å²) < 4.78 is 6.20. The summed E-state index contributed by atoms with van der Waals surface area (Å²) in [5, 5.41) is 0. The monoisotopic (exact) mass is 364 g/mol. The lowest BCUT2D eigenvalue weighted by Gasteiger charge is -2.45. The number of aromatic nitrogens is 1. The molecule has 1 aliphatic heterocycles. The summed E-state index contributed by atoms with van der Waals surface area (Å²) in [5.41, 5.74) is 1.38. The molecule has 1 saturated heterocycles. The Balaban J connectivity index is 1.38. The van der Waals surface area contributed by atoms with Gasteiger partial charge in [-0.1, -0.05) is 30.3 Å². The zero-order chi connectivity index (χ0) is 18.4. The van der Waals surface area contributed by atoms with Crippen LogP contribution in [0.5, 0.6) is 0 Å². The Bertz CT molecular complexity index is 923. The van der Waals surface area contributed by atoms with Gasteiger partial charge in [-0.15, -0.1) is 0 Å². The molecule has 1 N–H and O–H groups in total. The van der Waals surface area contributed by atoms with Gasteiger partial charge in [0.05, 0.1) is 18.8 Å². The smallest absolute Gasteiger partial charge is 0.261 e. The van der Waals surface area contributed by atoms with Crippen molar-refractivity contribution in [2.75, 3.05) is 19.7 Å². The van der Waals surface area contributed by atoms with Crippen molar-refractivity contribution in [2.45, 2.75) is 31.3 Å². The van der Waals surface area contributed by atoms with Gasteiger partial charge in [0.15, 0.2) is 0 Å². The average Bonchev–Trinajstić information content (AvgIpc) is 3.29. The average molecular weight is 364 g/mol. The van der Waals surface area contributed by atoms with Crippen LogP contribution < -0.4 is 5.56 Å². The number of ether oxygens (including phenoxy) is 1. The molecule has 1 spiro atoms. The van der Waals surface area contributed by atoms with Crippen LogP contribution in [-0.2, 0) is 4.74 Å². The van der Waals surface area contributed by atoms with Gasteiger partial charge in [0.2, 0.25) is 0 Å². The van der Waals surface area contributed by atoms with Crippen molar-refractivity contribution >= 4 is 5.91 Å². The Morgan fingerprint density at radius 2 is 2.00 bits per heavy atom. The second kappa shape index (κ2) is 6.34. The molecular formula is C22H24N2O3. The van der Waals surface area contributed by atoms with Crippen LogP contribution in [0.4, 0.5) is 0 Å². The molecule has 3 atom stereocenters. The van der Waals surface area contributed by atoms with Crippen LogP contribution in [0.2, 0.25) is 0 Å². The van der Waals surface area contributed by atoms with E-state index in [1.165, 1.54) is 19.3 Å². The molecule has 2 aromatic rings. The minimum absolute atomic E-state index is 0.173. The Hall–Kier alpha value is -2.40. The minimum Gasteiger partial charge on any atom is -0.371 e. The second-order valence-corrected chi connectivity index (χ2v) is 8.20. The lowest BCUT2D eigenvalue weighted by molar-refractivity contribution is -0.129. The summed E-state index contributed by atoms with van der Waals surface area (Å²) in [4.78, 5) is 30.4. The first-order chi connectivity index (χ1) is 13.1. The van der Waals surface area contributed by atoms with Crippen LogP contribution in [-0.4, -0.2) is 41.1 Å². The molecule has 5 rings (SSSR count). The number of nitrogens with zero attached hydrogens (tertiary/aromatic N) is 1. The molecule has 2 bridgehead atoms. The number of morpholine rings is 1. The maximum Gasteiger partial charge on any atom is 0.261 e. The predicted octanol–water partition coefficient (Wildman–Crippen LogP) is 3.07. The second-order valence-electron chi connectivity index (χ2n) is 8.20. The third-order valence-corrected chi connectivity index (χ3v) is 6.64. The van der Waals surface area contributed by atoms with Crippen LogP contribution in [0.25, 0.3) is 11.3 Å². The first-order valence-electron chi connectivity index (χ1n) is 9.87. The van der Waals surface area contributed by atoms with E-state index in [1.54, 1.807) is 6.07 Å². The highest BCUT2D eigenvalue weighted by Crippen LogP contribution is 2.53. The maximum absolute atomic E-state index is 13.1. The van der Waals surface area contributed by atoms with E-state index in [0.717, 1.165) is 23.6 Å². The quantitative estimate of drug-likeness (QED) is 0.891. The van der Waals surface area contributed by atoms with Crippen molar-refractivity contribution in [1.29, 1.82) is 0 Å². The van der Waals surface area contributed by atoms with Gasteiger partial charge in [0.1, 0.15) is 5.56 Å². The molecule has 1 aromatic heterocycles. The molecule has 1 aromatic carbocycles. The van der Waals surface area contributed by atoms with Crippen LogP contribution in [0.15, 0.2) is 47.3 Å². The number of hydrogen-bond donors (Lipinski definition) is 1. The number of pyridine rings is 1. The zero-order valence-corrected chi connectivity index (χ0v) is 15.3. The van der Waals surface area contributed by atoms with Gasteiger partial charge in [-0.3, -0.25) is 9.59 Å². The zero-order valence-electron chi connectivity index (χ0n) is 15.3. The summed E-state index contributed by atoms with van der Waals surface area (Å²) in [7, 11) is 0. The van der Waals surface area contributed by atoms with Crippen LogP contribution in [0, 0.1) is 11.8 Å². The normalized spacial score (nSPS) is 29.4. The molecule has 2 saturated carbocycles. The van der Waals surface area contributed by atoms with E-state index in [4.69, 9.17) is 4.74 Å². The fourth-order valence-electron chi connectivity index (χ4n) is 5.34. The predicted molar refractivity (Wildman–Crippen MR) is 103 cm³/mol. The van der Waals surface area contributed by atoms with Crippen LogP contribution >= 0.6 is 0 Å². The number of fused-ring (bicyclic) bond motifs is 3. The van der Waals surface area contributed by atoms with E-state index in [9.17, 15) is 9.59 Å². The molecule has 5 heteroatoms. The van der Waals surface area contributed by atoms with Gasteiger partial charge in [0, 0.05) is 12.2 Å². The molecule has 3 aliphatic rings. The van der Waals surface area contributed by atoms with Gasteiger partial charge >= 0.3 is 0 Å². The fraction of sp³-hybridized carbons (Fsp3) is 0.455. The van der Waals surface area contributed by atoms with Crippen molar-refractivity contribution in [3.63, 3.8) is 0 Å². The summed E-state index contributed by atoms with van der Waals surface area (Å²) in [5.74, 6) is 1.14. The van der Waals surface area contributed by atoms with Gasteiger partial charge < -0.3 is 14.6 Å². The topological polar surface area (TPSA) is 62.4 Å². The maximum atomic E-state index is 13.1. The number of rotatable bonds is 2. The van der Waals surface area contributed by atoms with Crippen LogP contribution in [0.3, 0.4) is 0 Å². The first kappa shape index (κ1) is 16.8. The Morgan fingerprint density at radius 3 is 2.70 bits per heavy atom. The van der Waals surface area contributed by atoms with E-state index in [1.807, 2.05) is 41.3 Å². The number of carbonyl (C=O) groups is 1. The summed E-state index contributed by atoms with van der Waals surface area (Å²) >= 11 is 0. The molecule has 1 amide bonds. The third kappa shape index (κ3) is 2.81. The molecular weight excluding hydrogens is 340 g/mol. The van der Waals surface area contributed by atoms with Gasteiger partial charge in [-0.2, -0.15) is 0 Å². The number of benzene rings is 1. The van der Waals surface area contributed by atoms with E-state index >= 15 is 0 Å². The van der Waals surface area contributed by atoms with Crippen molar-refractivity contribution in [3.05, 3.63) is 58.4 Å². The largest absolute Gasteiger partial charge is 0.371 e. The fourth-order valence-corrected chi connectivity index (χ4v) is 5.34. The van der Waals surface area contributed by atoms with Gasteiger partial charge in [-0.25, -0.2) is 0 Å². The highest BCUT2D eigenvalue weighted by molar-refractivity contribution is 5.94. The van der Waals surface area contributed by atoms with E-state index in [0.29, 0.717) is 25.6 Å². The Kier molecular flexibility index (Phi) is 3.93. The lowest BCUT2D eigenvalue weighted by atomic mass is 9.82. The lowest BCUT2D eigenvalue weighted by Crippen LogP contribution is -2.56. The number of aromatic amines is 1. The highest BCUT2D eigenvalue weighted by Gasteiger charge is 2.54. The third-order valence-electron chi connectivity index (χ3n) is 6.64. The number of amides is 1. The van der Waals surface area contributed by atoms with Crippen molar-refractivity contribution in [2.24, 2.45) is 11.8 Å². The van der Waals surface area contributed by atoms with E-state index in [-0.39, 0.29) is 22.6 Å². The molecule has 3 fully saturated rings. The van der Waals surface area contributed by atoms with Crippen molar-refractivity contribution < 1.29 is 9.53 Å². The number of hydrogen-bond acceptors (Lipinski definition) is 3. The van der Waals surface area contributed by atoms with E-state index < -0.39 is 0 Å². The summed E-state index contributed by atoms with van der Waals surface area (Å²) in [6, 6.07) is 13.1. The molecule has 5 nitrogen and oxygen atoms in total. The molecule has 3 unspecified atom stereocenters. The SMILES string of the molecule is O=C(c1ccc(-c2ccccc2)[nH]c1=O)N1CCOC2(CC3CCC2C3)C1.